The molecule has 17 heavy (non-hydrogen) atoms. The third-order valence-electron chi connectivity index (χ3n) is 2.15. The van der Waals surface area contributed by atoms with Gasteiger partial charge in [0, 0.05) is 31.8 Å². The molecule has 0 spiro atoms. The van der Waals surface area contributed by atoms with E-state index in [9.17, 15) is 19.3 Å². The summed E-state index contributed by atoms with van der Waals surface area (Å²) in [7, 11) is 1.49. The predicted molar refractivity (Wildman–Crippen MR) is 59.1 cm³/mol. The molecule has 0 radical (unpaired) electrons. The van der Waals surface area contributed by atoms with Crippen LogP contribution in [0.5, 0.6) is 0 Å². The highest BCUT2D eigenvalue weighted by Gasteiger charge is 2.17. The Bertz CT molecular complexity index is 450. The highest BCUT2D eigenvalue weighted by molar-refractivity contribution is 5.94. The highest BCUT2D eigenvalue weighted by atomic mass is 19.1. The van der Waals surface area contributed by atoms with Gasteiger partial charge < -0.3 is 10.6 Å². The quantitative estimate of drug-likeness (QED) is 0.622. The topological polar surface area (TPSA) is 89.5 Å². The van der Waals surface area contributed by atoms with Crippen LogP contribution in [0.25, 0.3) is 0 Å². The molecule has 0 aromatic heterocycles. The largest absolute Gasteiger partial charge is 0.340 e. The number of rotatable bonds is 4. The molecule has 1 rings (SSSR count). The van der Waals surface area contributed by atoms with Gasteiger partial charge in [0.1, 0.15) is 5.82 Å². The minimum absolute atomic E-state index is 0.0624. The van der Waals surface area contributed by atoms with Crippen molar-refractivity contribution >= 4 is 11.6 Å². The Morgan fingerprint density at radius 1 is 1.53 bits per heavy atom. The Kier molecular flexibility index (Phi) is 4.11. The zero-order valence-corrected chi connectivity index (χ0v) is 9.22. The maximum absolute atomic E-state index is 13.1. The molecule has 6 nitrogen and oxygen atoms in total. The number of nitro groups is 1. The lowest BCUT2D eigenvalue weighted by Gasteiger charge is -2.15. The Hall–Kier alpha value is -2.02. The number of hydrogen-bond acceptors (Lipinski definition) is 4. The third-order valence-corrected chi connectivity index (χ3v) is 2.15. The molecule has 0 aliphatic carbocycles. The van der Waals surface area contributed by atoms with Gasteiger partial charge in [0.25, 0.3) is 11.6 Å². The molecule has 0 aliphatic heterocycles. The van der Waals surface area contributed by atoms with Gasteiger partial charge in [-0.15, -0.1) is 0 Å². The van der Waals surface area contributed by atoms with Gasteiger partial charge >= 0.3 is 0 Å². The number of carbonyl (C=O) groups is 1. The van der Waals surface area contributed by atoms with E-state index in [0.29, 0.717) is 6.54 Å². The van der Waals surface area contributed by atoms with Gasteiger partial charge in [-0.05, 0) is 6.07 Å². The van der Waals surface area contributed by atoms with Gasteiger partial charge in [-0.2, -0.15) is 0 Å². The smallest absolute Gasteiger partial charge is 0.273 e. The van der Waals surface area contributed by atoms with Crippen LogP contribution in [0, 0.1) is 15.9 Å². The van der Waals surface area contributed by atoms with Crippen LogP contribution in [-0.2, 0) is 0 Å². The van der Waals surface area contributed by atoms with Gasteiger partial charge in [0.2, 0.25) is 0 Å². The van der Waals surface area contributed by atoms with E-state index >= 15 is 0 Å². The number of nitrogens with zero attached hydrogens (tertiary/aromatic N) is 2. The number of hydrogen-bond donors (Lipinski definition) is 1. The molecular formula is C10H12FN3O3. The summed E-state index contributed by atoms with van der Waals surface area (Å²) in [6.45, 7) is 0.558. The number of likely N-dealkylation sites (N-methyl/N-ethyl adjacent to an activating group) is 1. The van der Waals surface area contributed by atoms with Crippen LogP contribution in [0.15, 0.2) is 18.2 Å². The Morgan fingerprint density at radius 3 is 2.71 bits per heavy atom. The van der Waals surface area contributed by atoms with Gasteiger partial charge in [-0.1, -0.05) is 0 Å². The van der Waals surface area contributed by atoms with Crippen LogP contribution < -0.4 is 5.73 Å². The lowest BCUT2D eigenvalue weighted by atomic mass is 10.1. The van der Waals surface area contributed by atoms with E-state index < -0.39 is 22.3 Å². The zero-order valence-electron chi connectivity index (χ0n) is 9.22. The number of non-ortho nitro benzene ring substituents is 1. The predicted octanol–water partition coefficient (Wildman–Crippen LogP) is 0.765. The van der Waals surface area contributed by atoms with Gasteiger partial charge in [0.05, 0.1) is 11.0 Å². The summed E-state index contributed by atoms with van der Waals surface area (Å²) >= 11 is 0. The fourth-order valence-corrected chi connectivity index (χ4v) is 1.32. The van der Waals surface area contributed by atoms with Crippen LogP contribution in [0.3, 0.4) is 0 Å². The third kappa shape index (κ3) is 3.22. The molecule has 0 bridgehead atoms. The molecule has 0 saturated heterocycles. The monoisotopic (exact) mass is 241 g/mol. The summed E-state index contributed by atoms with van der Waals surface area (Å²) in [6, 6.07) is 2.76. The second kappa shape index (κ2) is 5.35. The standard InChI is InChI=1S/C10H12FN3O3/c1-13(3-2-12)10(15)7-4-8(11)6-9(5-7)14(16)17/h4-6H,2-3,12H2,1H3. The summed E-state index contributed by atoms with van der Waals surface area (Å²) in [4.78, 5) is 22.8. The number of halogens is 1. The van der Waals surface area contributed by atoms with Crippen molar-refractivity contribution in [1.82, 2.24) is 4.90 Å². The summed E-state index contributed by atoms with van der Waals surface area (Å²) in [5, 5.41) is 10.5. The fraction of sp³-hybridized carbons (Fsp3) is 0.300. The Balaban J connectivity index is 3.05. The second-order valence-corrected chi connectivity index (χ2v) is 3.47. The van der Waals surface area contributed by atoms with Gasteiger partial charge in [-0.3, -0.25) is 14.9 Å². The van der Waals surface area contributed by atoms with Crippen molar-refractivity contribution < 1.29 is 14.1 Å². The van der Waals surface area contributed by atoms with E-state index in [1.807, 2.05) is 0 Å². The van der Waals surface area contributed by atoms with Gasteiger partial charge in [-0.25, -0.2) is 4.39 Å². The van der Waals surface area contributed by atoms with Crippen molar-refractivity contribution in [3.63, 3.8) is 0 Å². The minimum atomic E-state index is -0.816. The van der Waals surface area contributed by atoms with E-state index in [2.05, 4.69) is 0 Å². The lowest BCUT2D eigenvalue weighted by molar-refractivity contribution is -0.385. The number of amides is 1. The average molecular weight is 241 g/mol. The molecule has 2 N–H and O–H groups in total. The van der Waals surface area contributed by atoms with E-state index in [0.717, 1.165) is 18.2 Å². The van der Waals surface area contributed by atoms with Crippen LogP contribution >= 0.6 is 0 Å². The minimum Gasteiger partial charge on any atom is -0.340 e. The number of nitro benzene ring substituents is 1. The van der Waals surface area contributed by atoms with Crippen LogP contribution in [-0.4, -0.2) is 35.9 Å². The van der Waals surface area contributed by atoms with E-state index in [1.165, 1.54) is 11.9 Å². The number of nitrogens with two attached hydrogens (primary N) is 1. The zero-order chi connectivity index (χ0) is 13.0. The maximum atomic E-state index is 13.1. The Labute approximate surface area is 97.0 Å². The fourth-order valence-electron chi connectivity index (χ4n) is 1.32. The first-order valence-corrected chi connectivity index (χ1v) is 4.86. The van der Waals surface area contributed by atoms with Gasteiger partial charge in [0.15, 0.2) is 0 Å². The maximum Gasteiger partial charge on any atom is 0.273 e. The normalized spacial score (nSPS) is 10.1. The SMILES string of the molecule is CN(CCN)C(=O)c1cc(F)cc([N+](=O)[O-])c1. The molecule has 7 heteroatoms. The second-order valence-electron chi connectivity index (χ2n) is 3.47. The lowest BCUT2D eigenvalue weighted by Crippen LogP contribution is -2.31. The van der Waals surface area contributed by atoms with Crippen molar-refractivity contribution in [1.29, 1.82) is 0 Å². The highest BCUT2D eigenvalue weighted by Crippen LogP contribution is 2.17. The Morgan fingerprint density at radius 2 is 2.18 bits per heavy atom. The number of benzene rings is 1. The van der Waals surface area contributed by atoms with Crippen molar-refractivity contribution in [2.24, 2.45) is 5.73 Å². The molecule has 0 heterocycles. The number of carbonyl (C=O) groups excluding carboxylic acids is 1. The average Bonchev–Trinajstić information content (AvgIpc) is 2.27. The molecule has 1 amide bonds. The van der Waals surface area contributed by atoms with E-state index in [1.54, 1.807) is 0 Å². The van der Waals surface area contributed by atoms with E-state index in [-0.39, 0.29) is 12.1 Å². The molecule has 0 fully saturated rings. The molecule has 0 aliphatic rings. The summed E-state index contributed by atoms with van der Waals surface area (Å²) in [6.07, 6.45) is 0. The first kappa shape index (κ1) is 13.0. The first-order valence-electron chi connectivity index (χ1n) is 4.86. The van der Waals surface area contributed by atoms with Crippen molar-refractivity contribution in [3.8, 4) is 0 Å². The summed E-state index contributed by atoms with van der Waals surface area (Å²) in [5.74, 6) is -1.32. The molecular weight excluding hydrogens is 229 g/mol. The molecule has 0 unspecified atom stereocenters. The first-order chi connectivity index (χ1) is 7.95. The molecule has 0 saturated carbocycles. The van der Waals surface area contributed by atoms with Crippen LogP contribution in [0.4, 0.5) is 10.1 Å². The van der Waals surface area contributed by atoms with Crippen LogP contribution in [0.2, 0.25) is 0 Å². The van der Waals surface area contributed by atoms with Crippen LogP contribution in [0.1, 0.15) is 10.4 Å². The van der Waals surface area contributed by atoms with Crippen molar-refractivity contribution in [3.05, 3.63) is 39.7 Å². The summed E-state index contributed by atoms with van der Waals surface area (Å²) in [5.41, 5.74) is 4.77. The summed E-state index contributed by atoms with van der Waals surface area (Å²) < 4.78 is 13.1. The molecule has 1 aromatic rings. The molecule has 92 valence electrons. The van der Waals surface area contributed by atoms with Crippen molar-refractivity contribution in [2.75, 3.05) is 20.1 Å². The molecule has 0 atom stereocenters. The molecule has 1 aromatic carbocycles. The van der Waals surface area contributed by atoms with Crippen molar-refractivity contribution in [2.45, 2.75) is 0 Å². The van der Waals surface area contributed by atoms with E-state index in [4.69, 9.17) is 5.73 Å².